The highest BCUT2D eigenvalue weighted by atomic mass is 35.5. The Kier molecular flexibility index (Phi) is 4.58. The van der Waals surface area contributed by atoms with Crippen LogP contribution in [0.3, 0.4) is 0 Å². The molecule has 0 saturated carbocycles. The van der Waals surface area contributed by atoms with Crippen molar-refractivity contribution in [2.24, 2.45) is 5.92 Å². The lowest BCUT2D eigenvalue weighted by molar-refractivity contribution is 0.306. The number of anilines is 1. The average Bonchev–Trinajstić information content (AvgIpc) is 3.23. The van der Waals surface area contributed by atoms with Crippen LogP contribution in [0.15, 0.2) is 84.9 Å². The van der Waals surface area contributed by atoms with E-state index in [0.29, 0.717) is 18.4 Å². The number of fused-ring (bicyclic) bond motifs is 3. The van der Waals surface area contributed by atoms with E-state index in [0.717, 1.165) is 17.2 Å². The molecule has 0 amide bonds. The minimum Gasteiger partial charge on any atom is -0.489 e. The van der Waals surface area contributed by atoms with Crippen LogP contribution in [0.2, 0.25) is 5.02 Å². The molecule has 0 fully saturated rings. The highest BCUT2D eigenvalue weighted by Gasteiger charge is 2.37. The molecule has 5 rings (SSSR count). The first-order valence-corrected chi connectivity index (χ1v) is 10.1. The van der Waals surface area contributed by atoms with Crippen LogP contribution in [-0.4, -0.2) is 0 Å². The number of hydrogen-bond acceptors (Lipinski definition) is 2. The van der Waals surface area contributed by atoms with Crippen LogP contribution in [0.4, 0.5) is 5.69 Å². The van der Waals surface area contributed by atoms with E-state index in [9.17, 15) is 0 Å². The number of hydrogen-bond donors (Lipinski definition) is 1. The van der Waals surface area contributed by atoms with E-state index in [4.69, 9.17) is 16.3 Å². The first-order valence-electron chi connectivity index (χ1n) is 9.77. The van der Waals surface area contributed by atoms with Gasteiger partial charge < -0.3 is 10.1 Å². The van der Waals surface area contributed by atoms with E-state index in [2.05, 4.69) is 66.0 Å². The summed E-state index contributed by atoms with van der Waals surface area (Å²) in [6.45, 7) is 0.588. The molecule has 2 nitrogen and oxygen atoms in total. The minimum absolute atomic E-state index is 0.289. The van der Waals surface area contributed by atoms with Crippen molar-refractivity contribution in [3.8, 4) is 5.75 Å². The van der Waals surface area contributed by atoms with Gasteiger partial charge in [0.05, 0.1) is 6.04 Å². The molecule has 3 aromatic carbocycles. The summed E-state index contributed by atoms with van der Waals surface area (Å²) in [4.78, 5) is 0. The molecule has 140 valence electrons. The van der Waals surface area contributed by atoms with Crippen LogP contribution >= 0.6 is 11.6 Å². The van der Waals surface area contributed by atoms with E-state index in [1.165, 1.54) is 22.4 Å². The van der Waals surface area contributed by atoms with Crippen molar-refractivity contribution >= 4 is 17.3 Å². The third kappa shape index (κ3) is 3.29. The summed E-state index contributed by atoms with van der Waals surface area (Å²) in [6, 6.07) is 25.2. The molecule has 1 aliphatic carbocycles. The monoisotopic (exact) mass is 387 g/mol. The van der Waals surface area contributed by atoms with Gasteiger partial charge in [-0.1, -0.05) is 66.2 Å². The van der Waals surface area contributed by atoms with Crippen molar-refractivity contribution in [3.63, 3.8) is 0 Å². The molecule has 3 atom stereocenters. The second-order valence-corrected chi connectivity index (χ2v) is 7.99. The summed E-state index contributed by atoms with van der Waals surface area (Å²) < 4.78 is 5.94. The van der Waals surface area contributed by atoms with Gasteiger partial charge in [0.2, 0.25) is 0 Å². The van der Waals surface area contributed by atoms with E-state index in [1.807, 2.05) is 24.3 Å². The molecule has 1 heterocycles. The van der Waals surface area contributed by atoms with Crippen molar-refractivity contribution in [3.05, 3.63) is 107 Å². The number of ether oxygens (including phenoxy) is 1. The van der Waals surface area contributed by atoms with Crippen molar-refractivity contribution in [2.45, 2.75) is 25.0 Å². The largest absolute Gasteiger partial charge is 0.489 e. The summed E-state index contributed by atoms with van der Waals surface area (Å²) in [7, 11) is 0. The van der Waals surface area contributed by atoms with E-state index >= 15 is 0 Å². The summed E-state index contributed by atoms with van der Waals surface area (Å²) in [5.41, 5.74) is 4.97. The van der Waals surface area contributed by atoms with Gasteiger partial charge in [0.15, 0.2) is 0 Å². The number of rotatable bonds is 4. The molecule has 1 N–H and O–H groups in total. The Balaban J connectivity index is 1.35. The van der Waals surface area contributed by atoms with Crippen molar-refractivity contribution in [1.82, 2.24) is 0 Å². The molecule has 28 heavy (non-hydrogen) atoms. The predicted molar refractivity (Wildman–Crippen MR) is 115 cm³/mol. The van der Waals surface area contributed by atoms with Gasteiger partial charge in [-0.25, -0.2) is 0 Å². The molecular formula is C25H22ClNO. The summed E-state index contributed by atoms with van der Waals surface area (Å²) in [6.07, 6.45) is 5.73. The molecule has 3 aromatic rings. The quantitative estimate of drug-likeness (QED) is 0.500. The third-order valence-corrected chi connectivity index (χ3v) is 6.05. The maximum absolute atomic E-state index is 6.25. The number of allylic oxidation sites excluding steroid dienone is 2. The fraction of sp³-hybridized carbons (Fsp3) is 0.200. The fourth-order valence-corrected chi connectivity index (χ4v) is 4.59. The Morgan fingerprint density at radius 1 is 0.964 bits per heavy atom. The zero-order valence-electron chi connectivity index (χ0n) is 15.5. The van der Waals surface area contributed by atoms with Crippen molar-refractivity contribution in [2.75, 3.05) is 5.32 Å². The summed E-state index contributed by atoms with van der Waals surface area (Å²) in [5, 5.41) is 4.55. The second kappa shape index (κ2) is 7.37. The first-order chi connectivity index (χ1) is 13.8. The van der Waals surface area contributed by atoms with Crippen LogP contribution in [0.1, 0.15) is 35.1 Å². The zero-order valence-corrected chi connectivity index (χ0v) is 16.3. The Hall–Kier alpha value is -2.71. The van der Waals surface area contributed by atoms with E-state index < -0.39 is 0 Å². The number of benzene rings is 3. The van der Waals surface area contributed by atoms with E-state index in [1.54, 1.807) is 0 Å². The number of nitrogens with one attached hydrogen (secondary N) is 1. The van der Waals surface area contributed by atoms with Crippen molar-refractivity contribution in [1.29, 1.82) is 0 Å². The molecular weight excluding hydrogens is 366 g/mol. The van der Waals surface area contributed by atoms with Gasteiger partial charge in [-0.3, -0.25) is 0 Å². The van der Waals surface area contributed by atoms with Crippen LogP contribution in [-0.2, 0) is 6.61 Å². The molecule has 0 aromatic heterocycles. The van der Waals surface area contributed by atoms with Crippen LogP contribution in [0, 0.1) is 5.92 Å². The Morgan fingerprint density at radius 2 is 1.79 bits per heavy atom. The lowest BCUT2D eigenvalue weighted by Gasteiger charge is -2.37. The lowest BCUT2D eigenvalue weighted by atomic mass is 9.77. The summed E-state index contributed by atoms with van der Waals surface area (Å²) >= 11 is 6.25. The van der Waals surface area contributed by atoms with Gasteiger partial charge in [-0.2, -0.15) is 0 Å². The molecule has 0 radical (unpaired) electrons. The molecule has 3 heteroatoms. The van der Waals surface area contributed by atoms with Crippen LogP contribution in [0.25, 0.3) is 0 Å². The second-order valence-electron chi connectivity index (χ2n) is 7.55. The Morgan fingerprint density at radius 3 is 2.61 bits per heavy atom. The predicted octanol–water partition coefficient (Wildman–Crippen LogP) is 6.75. The molecule has 0 saturated heterocycles. The van der Waals surface area contributed by atoms with Crippen LogP contribution in [0.5, 0.6) is 5.75 Å². The highest BCUT2D eigenvalue weighted by molar-refractivity contribution is 6.30. The molecule has 0 bridgehead atoms. The standard InChI is InChI=1S/C25H22ClNO/c26-19-11-14-24-23(15-19)21-7-4-8-22(21)25(27-24)18-9-12-20(13-10-18)28-16-17-5-2-1-3-6-17/h1-7,9-15,21-22,25,27H,8,16H2. The topological polar surface area (TPSA) is 21.3 Å². The number of halogens is 1. The van der Waals surface area contributed by atoms with Gasteiger partial charge in [0, 0.05) is 16.6 Å². The maximum Gasteiger partial charge on any atom is 0.119 e. The molecule has 0 spiro atoms. The highest BCUT2D eigenvalue weighted by Crippen LogP contribution is 2.50. The zero-order chi connectivity index (χ0) is 18.9. The van der Waals surface area contributed by atoms with Gasteiger partial charge in [-0.05, 0) is 59.4 Å². The first kappa shape index (κ1) is 17.4. The average molecular weight is 388 g/mol. The maximum atomic E-state index is 6.25. The third-order valence-electron chi connectivity index (χ3n) is 5.81. The molecule has 2 aliphatic rings. The van der Waals surface area contributed by atoms with Gasteiger partial charge in [0.1, 0.15) is 12.4 Å². The lowest BCUT2D eigenvalue weighted by Crippen LogP contribution is -2.29. The van der Waals surface area contributed by atoms with Crippen LogP contribution < -0.4 is 10.1 Å². The van der Waals surface area contributed by atoms with Crippen molar-refractivity contribution < 1.29 is 4.74 Å². The smallest absolute Gasteiger partial charge is 0.119 e. The normalized spacial score (nSPS) is 22.2. The molecule has 3 unspecified atom stereocenters. The summed E-state index contributed by atoms with van der Waals surface area (Å²) in [5.74, 6) is 1.84. The van der Waals surface area contributed by atoms with Gasteiger partial charge in [0.25, 0.3) is 0 Å². The Bertz CT molecular complexity index is 997. The van der Waals surface area contributed by atoms with Gasteiger partial charge in [-0.15, -0.1) is 0 Å². The Labute approximate surface area is 170 Å². The van der Waals surface area contributed by atoms with Gasteiger partial charge >= 0.3 is 0 Å². The minimum atomic E-state index is 0.289. The fourth-order valence-electron chi connectivity index (χ4n) is 4.41. The SMILES string of the molecule is Clc1ccc2c(c1)C1C=CCC1C(c1ccc(OCc3ccccc3)cc1)N2. The molecule has 1 aliphatic heterocycles. The van der Waals surface area contributed by atoms with E-state index in [-0.39, 0.29) is 6.04 Å².